The summed E-state index contributed by atoms with van der Waals surface area (Å²) in [7, 11) is 0. The molecule has 2 aliphatic rings. The number of hydrogen-bond donors (Lipinski definition) is 1. The Balaban J connectivity index is 1.29. The molecule has 0 atom stereocenters. The van der Waals surface area contributed by atoms with Crippen LogP contribution in [0.5, 0.6) is 0 Å². The minimum Gasteiger partial charge on any atom is -0.389 e. The quantitative estimate of drug-likeness (QED) is 0.788. The molecule has 4 rings (SSSR count). The third-order valence-electron chi connectivity index (χ3n) is 5.74. The molecule has 1 N–H and O–H groups in total. The molecule has 146 valence electrons. The Kier molecular flexibility index (Phi) is 5.38. The average Bonchev–Trinajstić information content (AvgIpc) is 3.34. The molecule has 2 fully saturated rings. The van der Waals surface area contributed by atoms with Crippen LogP contribution in [0.3, 0.4) is 0 Å². The second-order valence-corrected chi connectivity index (χ2v) is 7.75. The molecule has 1 aliphatic heterocycles. The fourth-order valence-corrected chi connectivity index (χ4v) is 4.14. The summed E-state index contributed by atoms with van der Waals surface area (Å²) >= 11 is 0. The third kappa shape index (κ3) is 4.45. The van der Waals surface area contributed by atoms with Crippen molar-refractivity contribution in [3.8, 4) is 5.82 Å². The van der Waals surface area contributed by atoms with Crippen molar-refractivity contribution in [1.29, 1.82) is 0 Å². The molecule has 0 unspecified atom stereocenters. The van der Waals surface area contributed by atoms with Crippen molar-refractivity contribution < 1.29 is 5.11 Å². The zero-order valence-corrected chi connectivity index (χ0v) is 15.7. The van der Waals surface area contributed by atoms with Gasteiger partial charge in [-0.05, 0) is 25.0 Å². The largest absolute Gasteiger partial charge is 0.389 e. The minimum atomic E-state index is -0.466. The summed E-state index contributed by atoms with van der Waals surface area (Å²) < 4.78 is 3.17. The first kappa shape index (κ1) is 18.3. The topological polar surface area (TPSA) is 79.4 Å². The monoisotopic (exact) mass is 372 g/mol. The molecule has 0 bridgehead atoms. The van der Waals surface area contributed by atoms with E-state index in [1.165, 1.54) is 4.68 Å². The lowest BCUT2D eigenvalue weighted by atomic mass is 10.0. The molecule has 2 aromatic heterocycles. The maximum absolute atomic E-state index is 12.1. The lowest BCUT2D eigenvalue weighted by Gasteiger charge is -2.38. The van der Waals surface area contributed by atoms with E-state index in [9.17, 15) is 9.90 Å². The van der Waals surface area contributed by atoms with Gasteiger partial charge in [-0.3, -0.25) is 14.6 Å². The van der Waals surface area contributed by atoms with Gasteiger partial charge in [-0.25, -0.2) is 9.36 Å². The highest BCUT2D eigenvalue weighted by Crippen LogP contribution is 2.30. The summed E-state index contributed by atoms with van der Waals surface area (Å²) in [5, 5.41) is 19.2. The molecule has 0 radical (unpaired) electrons. The zero-order chi connectivity index (χ0) is 18.7. The van der Waals surface area contributed by atoms with Crippen LogP contribution in [-0.4, -0.2) is 79.3 Å². The summed E-state index contributed by atoms with van der Waals surface area (Å²) in [6, 6.07) is 5.07. The molecule has 27 heavy (non-hydrogen) atoms. The molecule has 0 spiro atoms. The predicted molar refractivity (Wildman–Crippen MR) is 102 cm³/mol. The second-order valence-electron chi connectivity index (χ2n) is 7.75. The van der Waals surface area contributed by atoms with Crippen LogP contribution in [0.1, 0.15) is 25.7 Å². The van der Waals surface area contributed by atoms with E-state index in [0.29, 0.717) is 12.4 Å². The lowest BCUT2D eigenvalue weighted by Crippen LogP contribution is -2.51. The van der Waals surface area contributed by atoms with Crippen LogP contribution < -0.4 is 5.56 Å². The predicted octanol–water partition coefficient (Wildman–Crippen LogP) is 0.352. The maximum atomic E-state index is 12.1. The van der Waals surface area contributed by atoms with Crippen LogP contribution >= 0.6 is 0 Å². The fourth-order valence-electron chi connectivity index (χ4n) is 4.14. The number of nitrogens with zero attached hydrogens (tertiary/aromatic N) is 6. The molecule has 8 heteroatoms. The van der Waals surface area contributed by atoms with Gasteiger partial charge in [0.05, 0.1) is 12.1 Å². The molecule has 0 aromatic carbocycles. The lowest BCUT2D eigenvalue weighted by molar-refractivity contribution is -0.00487. The molecule has 1 saturated carbocycles. The summed E-state index contributed by atoms with van der Waals surface area (Å²) in [5.41, 5.74) is -0.556. The van der Waals surface area contributed by atoms with E-state index in [2.05, 4.69) is 20.0 Å². The van der Waals surface area contributed by atoms with Crippen molar-refractivity contribution in [3.05, 3.63) is 40.9 Å². The maximum Gasteiger partial charge on any atom is 0.266 e. The summed E-state index contributed by atoms with van der Waals surface area (Å²) in [6.45, 7) is 6.03. The zero-order valence-electron chi connectivity index (χ0n) is 15.7. The highest BCUT2D eigenvalue weighted by molar-refractivity contribution is 5.17. The van der Waals surface area contributed by atoms with Gasteiger partial charge in [0.25, 0.3) is 5.56 Å². The van der Waals surface area contributed by atoms with Crippen molar-refractivity contribution in [2.75, 3.05) is 39.3 Å². The van der Waals surface area contributed by atoms with E-state index >= 15 is 0 Å². The Labute approximate surface area is 159 Å². The Bertz CT molecular complexity index is 789. The Morgan fingerprint density at radius 1 is 1.04 bits per heavy atom. The number of aliphatic hydroxyl groups is 1. The van der Waals surface area contributed by atoms with Crippen LogP contribution in [-0.2, 0) is 6.54 Å². The first-order valence-corrected chi connectivity index (χ1v) is 9.87. The smallest absolute Gasteiger partial charge is 0.266 e. The van der Waals surface area contributed by atoms with Gasteiger partial charge in [0, 0.05) is 57.7 Å². The second kappa shape index (κ2) is 7.92. The van der Waals surface area contributed by atoms with E-state index < -0.39 is 5.60 Å². The van der Waals surface area contributed by atoms with Gasteiger partial charge in [-0.15, -0.1) is 5.10 Å². The summed E-state index contributed by atoms with van der Waals surface area (Å²) in [4.78, 5) is 16.9. The molecule has 2 aromatic rings. The van der Waals surface area contributed by atoms with Gasteiger partial charge in [0.15, 0.2) is 5.82 Å². The van der Waals surface area contributed by atoms with Gasteiger partial charge in [-0.1, -0.05) is 12.8 Å². The van der Waals surface area contributed by atoms with E-state index in [0.717, 1.165) is 65.0 Å². The number of hydrogen-bond acceptors (Lipinski definition) is 6. The van der Waals surface area contributed by atoms with Crippen molar-refractivity contribution in [2.24, 2.45) is 0 Å². The Hall–Kier alpha value is -2.03. The van der Waals surface area contributed by atoms with E-state index in [1.54, 1.807) is 23.0 Å². The first-order valence-electron chi connectivity index (χ1n) is 9.87. The minimum absolute atomic E-state index is 0.0898. The SMILES string of the molecule is O=c1ccc(-n2cccn2)nn1CCN1CCN(CC2(O)CCCC2)CC1. The molecular weight excluding hydrogens is 344 g/mol. The van der Waals surface area contributed by atoms with Crippen LogP contribution in [0.25, 0.3) is 5.82 Å². The highest BCUT2D eigenvalue weighted by atomic mass is 16.3. The van der Waals surface area contributed by atoms with Crippen molar-refractivity contribution in [1.82, 2.24) is 29.4 Å². The molecule has 8 nitrogen and oxygen atoms in total. The highest BCUT2D eigenvalue weighted by Gasteiger charge is 2.33. The van der Waals surface area contributed by atoms with Gasteiger partial charge in [0.1, 0.15) is 0 Å². The standard InChI is InChI=1S/C19H28N6O2/c26-18-5-4-17(24-9-3-8-20-24)21-25(18)15-14-22-10-12-23(13-11-22)16-19(27)6-1-2-7-19/h3-5,8-9,27H,1-2,6-7,10-16H2. The normalized spacial score (nSPS) is 20.9. The Morgan fingerprint density at radius 3 is 2.48 bits per heavy atom. The van der Waals surface area contributed by atoms with E-state index in [4.69, 9.17) is 0 Å². The van der Waals surface area contributed by atoms with Crippen LogP contribution in [0.15, 0.2) is 35.4 Å². The van der Waals surface area contributed by atoms with Crippen molar-refractivity contribution in [3.63, 3.8) is 0 Å². The molecule has 1 aliphatic carbocycles. The van der Waals surface area contributed by atoms with Crippen molar-refractivity contribution in [2.45, 2.75) is 37.8 Å². The van der Waals surface area contributed by atoms with Crippen LogP contribution in [0.4, 0.5) is 0 Å². The third-order valence-corrected chi connectivity index (χ3v) is 5.74. The molecule has 0 amide bonds. The van der Waals surface area contributed by atoms with E-state index in [1.807, 2.05) is 12.3 Å². The van der Waals surface area contributed by atoms with Gasteiger partial charge < -0.3 is 5.11 Å². The number of rotatable bonds is 6. The fraction of sp³-hybridized carbons (Fsp3) is 0.632. The molecule has 1 saturated heterocycles. The number of piperazine rings is 1. The summed E-state index contributed by atoms with van der Waals surface area (Å²) in [6.07, 6.45) is 7.68. The number of β-amino-alcohol motifs (C(OH)–C–C–N with tert-alkyl or cyclic N) is 1. The Morgan fingerprint density at radius 2 is 1.78 bits per heavy atom. The van der Waals surface area contributed by atoms with E-state index in [-0.39, 0.29) is 5.56 Å². The van der Waals surface area contributed by atoms with Gasteiger partial charge in [-0.2, -0.15) is 5.10 Å². The number of aromatic nitrogens is 4. The van der Waals surface area contributed by atoms with Crippen LogP contribution in [0, 0.1) is 0 Å². The summed E-state index contributed by atoms with van der Waals surface area (Å²) in [5.74, 6) is 0.647. The van der Waals surface area contributed by atoms with Crippen molar-refractivity contribution >= 4 is 0 Å². The average molecular weight is 372 g/mol. The molecule has 3 heterocycles. The van der Waals surface area contributed by atoms with Gasteiger partial charge in [0.2, 0.25) is 0 Å². The first-order chi connectivity index (χ1) is 13.1. The van der Waals surface area contributed by atoms with Gasteiger partial charge >= 0.3 is 0 Å². The van der Waals surface area contributed by atoms with Crippen LogP contribution in [0.2, 0.25) is 0 Å². The molecular formula is C19H28N6O2.